The number of ether oxygens (including phenoxy) is 2. The van der Waals surface area contributed by atoms with E-state index in [1.807, 2.05) is 24.3 Å². The summed E-state index contributed by atoms with van der Waals surface area (Å²) in [6.45, 7) is 1.56. The first-order chi connectivity index (χ1) is 10.3. The zero-order chi connectivity index (χ0) is 14.7. The summed E-state index contributed by atoms with van der Waals surface area (Å²) in [5.41, 5.74) is 7.20. The monoisotopic (exact) mass is 305 g/mol. The summed E-state index contributed by atoms with van der Waals surface area (Å²) in [6, 6.07) is 10.8. The number of hydrogen-bond donors (Lipinski definition) is 1. The van der Waals surface area contributed by atoms with Gasteiger partial charge in [0.05, 0.1) is 0 Å². The van der Waals surface area contributed by atoms with E-state index in [0.717, 1.165) is 22.0 Å². The van der Waals surface area contributed by atoms with Gasteiger partial charge in [0.2, 0.25) is 0 Å². The van der Waals surface area contributed by atoms with E-state index in [-0.39, 0.29) is 5.82 Å². The van der Waals surface area contributed by atoms with Crippen molar-refractivity contribution in [3.05, 3.63) is 53.3 Å². The van der Waals surface area contributed by atoms with Gasteiger partial charge in [0.15, 0.2) is 11.5 Å². The lowest BCUT2D eigenvalue weighted by Crippen LogP contribution is -2.15. The lowest BCUT2D eigenvalue weighted by Gasteiger charge is -2.18. The Morgan fingerprint density at radius 1 is 1.05 bits per heavy atom. The normalized spacial score (nSPS) is 13.2. The molecule has 0 atom stereocenters. The molecule has 0 saturated heterocycles. The van der Waals surface area contributed by atoms with Crippen molar-refractivity contribution in [1.29, 1.82) is 0 Å². The van der Waals surface area contributed by atoms with Gasteiger partial charge in [-0.3, -0.25) is 0 Å². The minimum Gasteiger partial charge on any atom is -0.486 e. The zero-order valence-corrected chi connectivity index (χ0v) is 12.3. The first-order valence-corrected chi connectivity index (χ1v) is 7.74. The summed E-state index contributed by atoms with van der Waals surface area (Å²) in [7, 11) is 0. The van der Waals surface area contributed by atoms with Gasteiger partial charge in [0.25, 0.3) is 0 Å². The predicted octanol–water partition coefficient (Wildman–Crippen LogP) is 3.35. The molecule has 5 heteroatoms. The van der Waals surface area contributed by atoms with Crippen molar-refractivity contribution in [2.75, 3.05) is 13.2 Å². The molecule has 21 heavy (non-hydrogen) atoms. The third-order valence-corrected chi connectivity index (χ3v) is 4.30. The Morgan fingerprint density at radius 3 is 2.67 bits per heavy atom. The van der Waals surface area contributed by atoms with E-state index in [4.69, 9.17) is 15.2 Å². The average molecular weight is 305 g/mol. The highest BCUT2D eigenvalue weighted by atomic mass is 32.2. The van der Waals surface area contributed by atoms with E-state index < -0.39 is 0 Å². The van der Waals surface area contributed by atoms with Gasteiger partial charge in [0, 0.05) is 17.2 Å². The fourth-order valence-corrected chi connectivity index (χ4v) is 3.04. The Morgan fingerprint density at radius 2 is 1.86 bits per heavy atom. The molecule has 2 aromatic carbocycles. The smallest absolute Gasteiger partial charge is 0.162 e. The molecule has 2 N–H and O–H groups in total. The number of halogens is 1. The second kappa shape index (κ2) is 6.37. The first kappa shape index (κ1) is 14.2. The average Bonchev–Trinajstić information content (AvgIpc) is 2.54. The van der Waals surface area contributed by atoms with E-state index in [1.165, 1.54) is 6.07 Å². The number of nitrogens with two attached hydrogens (primary N) is 1. The maximum Gasteiger partial charge on any atom is 0.162 e. The minimum absolute atomic E-state index is 0.197. The Kier molecular flexibility index (Phi) is 4.31. The molecule has 0 aliphatic carbocycles. The van der Waals surface area contributed by atoms with Gasteiger partial charge >= 0.3 is 0 Å². The maximum atomic E-state index is 13.8. The molecule has 0 aromatic heterocycles. The van der Waals surface area contributed by atoms with E-state index >= 15 is 0 Å². The SMILES string of the molecule is NCc1ccc(F)c(CSc2ccc3c(c2)OCCO3)c1. The Bertz CT molecular complexity index is 648. The molecule has 1 aliphatic rings. The van der Waals surface area contributed by atoms with Crippen LogP contribution in [0.1, 0.15) is 11.1 Å². The fourth-order valence-electron chi connectivity index (χ4n) is 2.14. The molecular weight excluding hydrogens is 289 g/mol. The summed E-state index contributed by atoms with van der Waals surface area (Å²) in [5, 5.41) is 0. The maximum absolute atomic E-state index is 13.8. The molecule has 3 rings (SSSR count). The van der Waals surface area contributed by atoms with Crippen LogP contribution >= 0.6 is 11.8 Å². The van der Waals surface area contributed by atoms with Gasteiger partial charge in [-0.25, -0.2) is 4.39 Å². The summed E-state index contributed by atoms with van der Waals surface area (Å²) in [6.07, 6.45) is 0. The quantitative estimate of drug-likeness (QED) is 0.880. The van der Waals surface area contributed by atoms with Crippen LogP contribution in [0.2, 0.25) is 0 Å². The van der Waals surface area contributed by atoms with Crippen molar-refractivity contribution in [2.45, 2.75) is 17.2 Å². The van der Waals surface area contributed by atoms with Gasteiger partial charge < -0.3 is 15.2 Å². The van der Waals surface area contributed by atoms with Gasteiger partial charge in [-0.15, -0.1) is 11.8 Å². The molecule has 0 amide bonds. The summed E-state index contributed by atoms with van der Waals surface area (Å²) >= 11 is 1.56. The summed E-state index contributed by atoms with van der Waals surface area (Å²) < 4.78 is 24.8. The Labute approximate surface area is 127 Å². The van der Waals surface area contributed by atoms with Crippen molar-refractivity contribution in [2.24, 2.45) is 5.73 Å². The van der Waals surface area contributed by atoms with Crippen LogP contribution in [0.15, 0.2) is 41.3 Å². The van der Waals surface area contributed by atoms with Crippen LogP contribution < -0.4 is 15.2 Å². The van der Waals surface area contributed by atoms with Crippen molar-refractivity contribution in [1.82, 2.24) is 0 Å². The molecule has 0 saturated carbocycles. The van der Waals surface area contributed by atoms with Crippen LogP contribution in [0, 0.1) is 5.82 Å². The number of rotatable bonds is 4. The second-order valence-electron chi connectivity index (χ2n) is 4.72. The molecule has 3 nitrogen and oxygen atoms in total. The summed E-state index contributed by atoms with van der Waals surface area (Å²) in [5.74, 6) is 1.88. The molecular formula is C16H16FNO2S. The number of benzene rings is 2. The first-order valence-electron chi connectivity index (χ1n) is 6.76. The van der Waals surface area contributed by atoms with Crippen LogP contribution in [-0.4, -0.2) is 13.2 Å². The van der Waals surface area contributed by atoms with Crippen molar-refractivity contribution < 1.29 is 13.9 Å². The molecule has 0 radical (unpaired) electrons. The highest BCUT2D eigenvalue weighted by Crippen LogP contribution is 2.35. The van der Waals surface area contributed by atoms with Crippen LogP contribution in [0.25, 0.3) is 0 Å². The Hall–Kier alpha value is -1.72. The molecule has 1 heterocycles. The predicted molar refractivity (Wildman–Crippen MR) is 81.3 cm³/mol. The number of hydrogen-bond acceptors (Lipinski definition) is 4. The Balaban J connectivity index is 1.73. The summed E-state index contributed by atoms with van der Waals surface area (Å²) in [4.78, 5) is 1.02. The third kappa shape index (κ3) is 3.31. The molecule has 0 spiro atoms. The molecule has 0 bridgehead atoms. The lowest BCUT2D eigenvalue weighted by atomic mass is 10.1. The van der Waals surface area contributed by atoms with E-state index in [2.05, 4.69) is 0 Å². The number of fused-ring (bicyclic) bond motifs is 1. The van der Waals surface area contributed by atoms with Crippen LogP contribution in [0.3, 0.4) is 0 Å². The van der Waals surface area contributed by atoms with Crippen LogP contribution in [0.5, 0.6) is 11.5 Å². The lowest BCUT2D eigenvalue weighted by molar-refractivity contribution is 0.171. The fraction of sp³-hybridized carbons (Fsp3) is 0.250. The molecule has 0 fully saturated rings. The second-order valence-corrected chi connectivity index (χ2v) is 5.77. The van der Waals surface area contributed by atoms with Gasteiger partial charge in [-0.2, -0.15) is 0 Å². The van der Waals surface area contributed by atoms with E-state index in [9.17, 15) is 4.39 Å². The van der Waals surface area contributed by atoms with Gasteiger partial charge in [0.1, 0.15) is 19.0 Å². The van der Waals surface area contributed by atoms with Gasteiger partial charge in [-0.05, 0) is 35.4 Å². The molecule has 2 aromatic rings. The van der Waals surface area contributed by atoms with Crippen molar-refractivity contribution in [3.8, 4) is 11.5 Å². The zero-order valence-electron chi connectivity index (χ0n) is 11.5. The van der Waals surface area contributed by atoms with E-state index in [1.54, 1.807) is 17.8 Å². The molecule has 110 valence electrons. The standard InChI is InChI=1S/C16H16FNO2S/c17-14-3-1-11(9-18)7-12(14)10-21-13-2-4-15-16(8-13)20-6-5-19-15/h1-4,7-8H,5-6,9-10,18H2. The highest BCUT2D eigenvalue weighted by Gasteiger charge is 2.12. The van der Waals surface area contributed by atoms with E-state index in [0.29, 0.717) is 31.1 Å². The topological polar surface area (TPSA) is 44.5 Å². The van der Waals surface area contributed by atoms with Gasteiger partial charge in [-0.1, -0.05) is 12.1 Å². The van der Waals surface area contributed by atoms with Crippen LogP contribution in [-0.2, 0) is 12.3 Å². The van der Waals surface area contributed by atoms with Crippen molar-refractivity contribution in [3.63, 3.8) is 0 Å². The van der Waals surface area contributed by atoms with Crippen molar-refractivity contribution >= 4 is 11.8 Å². The highest BCUT2D eigenvalue weighted by molar-refractivity contribution is 7.98. The molecule has 1 aliphatic heterocycles. The minimum atomic E-state index is -0.197. The molecule has 0 unspecified atom stereocenters. The largest absolute Gasteiger partial charge is 0.486 e. The van der Waals surface area contributed by atoms with Crippen LogP contribution in [0.4, 0.5) is 4.39 Å². The third-order valence-electron chi connectivity index (χ3n) is 3.25. The number of thioether (sulfide) groups is 1.